The predicted octanol–water partition coefficient (Wildman–Crippen LogP) is 2.40. The Kier molecular flexibility index (Phi) is 2.88. The SMILES string of the molecule is Cc1ccc(C)c([C@@H](C)CO)c1. The van der Waals surface area contributed by atoms with Crippen molar-refractivity contribution in [3.05, 3.63) is 34.9 Å². The third-order valence-corrected chi connectivity index (χ3v) is 2.24. The molecule has 0 unspecified atom stereocenters. The van der Waals surface area contributed by atoms with E-state index in [0.717, 1.165) is 0 Å². The molecule has 1 atom stereocenters. The largest absolute Gasteiger partial charge is 0.396 e. The van der Waals surface area contributed by atoms with Crippen molar-refractivity contribution in [2.75, 3.05) is 6.61 Å². The van der Waals surface area contributed by atoms with Gasteiger partial charge < -0.3 is 5.11 Å². The molecular formula is C11H16O. The molecule has 1 nitrogen and oxygen atoms in total. The predicted molar refractivity (Wildman–Crippen MR) is 51.4 cm³/mol. The van der Waals surface area contributed by atoms with E-state index in [1.165, 1.54) is 16.7 Å². The molecule has 0 saturated heterocycles. The van der Waals surface area contributed by atoms with Crippen LogP contribution in [0.25, 0.3) is 0 Å². The van der Waals surface area contributed by atoms with E-state index in [0.29, 0.717) is 0 Å². The monoisotopic (exact) mass is 164 g/mol. The molecule has 0 aliphatic rings. The molecule has 1 N–H and O–H groups in total. The van der Waals surface area contributed by atoms with Gasteiger partial charge in [-0.15, -0.1) is 0 Å². The topological polar surface area (TPSA) is 20.2 Å². The lowest BCUT2D eigenvalue weighted by molar-refractivity contribution is 0.272. The molecule has 66 valence electrons. The first-order valence-corrected chi connectivity index (χ1v) is 4.33. The van der Waals surface area contributed by atoms with Crippen LogP contribution in [0.5, 0.6) is 0 Å². The maximum absolute atomic E-state index is 9.00. The maximum Gasteiger partial charge on any atom is 0.0497 e. The number of benzene rings is 1. The van der Waals surface area contributed by atoms with Gasteiger partial charge in [0, 0.05) is 12.5 Å². The van der Waals surface area contributed by atoms with Crippen LogP contribution in [0.15, 0.2) is 18.2 Å². The van der Waals surface area contributed by atoms with Crippen LogP contribution in [0.4, 0.5) is 0 Å². The Morgan fingerprint density at radius 1 is 1.33 bits per heavy atom. The lowest BCUT2D eigenvalue weighted by atomic mass is 9.95. The average molecular weight is 164 g/mol. The minimum atomic E-state index is 0.226. The zero-order valence-electron chi connectivity index (χ0n) is 7.96. The van der Waals surface area contributed by atoms with Gasteiger partial charge in [0.1, 0.15) is 0 Å². The Labute approximate surface area is 74.1 Å². The molecule has 0 aliphatic heterocycles. The highest BCUT2D eigenvalue weighted by Gasteiger charge is 2.06. The molecule has 1 rings (SSSR count). The molecule has 1 heteroatoms. The smallest absolute Gasteiger partial charge is 0.0497 e. The average Bonchev–Trinajstić information content (AvgIpc) is 2.08. The van der Waals surface area contributed by atoms with Crippen molar-refractivity contribution in [3.8, 4) is 0 Å². The van der Waals surface area contributed by atoms with Crippen LogP contribution < -0.4 is 0 Å². The van der Waals surface area contributed by atoms with Crippen LogP contribution in [-0.4, -0.2) is 11.7 Å². The third kappa shape index (κ3) is 1.86. The second-order valence-electron chi connectivity index (χ2n) is 3.44. The number of aliphatic hydroxyl groups excluding tert-OH is 1. The summed E-state index contributed by atoms with van der Waals surface area (Å²) < 4.78 is 0. The van der Waals surface area contributed by atoms with Crippen molar-refractivity contribution in [1.29, 1.82) is 0 Å². The van der Waals surface area contributed by atoms with Crippen LogP contribution in [0.3, 0.4) is 0 Å². The quantitative estimate of drug-likeness (QED) is 0.711. The van der Waals surface area contributed by atoms with Gasteiger partial charge in [0.2, 0.25) is 0 Å². The fourth-order valence-electron chi connectivity index (χ4n) is 1.39. The van der Waals surface area contributed by atoms with Crippen molar-refractivity contribution in [1.82, 2.24) is 0 Å². The van der Waals surface area contributed by atoms with E-state index in [4.69, 9.17) is 5.11 Å². The van der Waals surface area contributed by atoms with Gasteiger partial charge in [-0.05, 0) is 25.0 Å². The first-order valence-electron chi connectivity index (χ1n) is 4.33. The highest BCUT2D eigenvalue weighted by atomic mass is 16.3. The van der Waals surface area contributed by atoms with Crippen LogP contribution >= 0.6 is 0 Å². The van der Waals surface area contributed by atoms with Gasteiger partial charge in [0.05, 0.1) is 0 Å². The molecule has 0 saturated carbocycles. The molecule has 0 amide bonds. The second-order valence-corrected chi connectivity index (χ2v) is 3.44. The molecule has 0 bridgehead atoms. The fourth-order valence-corrected chi connectivity index (χ4v) is 1.39. The summed E-state index contributed by atoms with van der Waals surface area (Å²) in [6.07, 6.45) is 0. The molecule has 1 aromatic rings. The fraction of sp³-hybridized carbons (Fsp3) is 0.455. The Hall–Kier alpha value is -0.820. The van der Waals surface area contributed by atoms with E-state index in [-0.39, 0.29) is 12.5 Å². The minimum absolute atomic E-state index is 0.226. The maximum atomic E-state index is 9.00. The highest BCUT2D eigenvalue weighted by Crippen LogP contribution is 2.19. The van der Waals surface area contributed by atoms with Gasteiger partial charge in [-0.3, -0.25) is 0 Å². The van der Waals surface area contributed by atoms with Gasteiger partial charge in [-0.1, -0.05) is 30.7 Å². The molecule has 0 aliphatic carbocycles. The Morgan fingerprint density at radius 3 is 2.58 bits per heavy atom. The molecule has 12 heavy (non-hydrogen) atoms. The number of aliphatic hydroxyl groups is 1. The van der Waals surface area contributed by atoms with Crippen molar-refractivity contribution in [2.24, 2.45) is 0 Å². The van der Waals surface area contributed by atoms with E-state index in [1.54, 1.807) is 0 Å². The summed E-state index contributed by atoms with van der Waals surface area (Å²) >= 11 is 0. The summed E-state index contributed by atoms with van der Waals surface area (Å²) in [6, 6.07) is 6.36. The van der Waals surface area contributed by atoms with E-state index < -0.39 is 0 Å². The lowest BCUT2D eigenvalue weighted by Crippen LogP contribution is -2.01. The van der Waals surface area contributed by atoms with E-state index >= 15 is 0 Å². The lowest BCUT2D eigenvalue weighted by Gasteiger charge is -2.12. The number of aryl methyl sites for hydroxylation is 2. The molecule has 0 aromatic heterocycles. The first kappa shape index (κ1) is 9.27. The molecular weight excluding hydrogens is 148 g/mol. The zero-order chi connectivity index (χ0) is 9.14. The van der Waals surface area contributed by atoms with Crippen molar-refractivity contribution in [2.45, 2.75) is 26.7 Å². The zero-order valence-corrected chi connectivity index (χ0v) is 7.96. The van der Waals surface area contributed by atoms with Crippen molar-refractivity contribution in [3.63, 3.8) is 0 Å². The van der Waals surface area contributed by atoms with E-state index in [2.05, 4.69) is 32.0 Å². The van der Waals surface area contributed by atoms with Gasteiger partial charge in [0.15, 0.2) is 0 Å². The van der Waals surface area contributed by atoms with Crippen LogP contribution in [-0.2, 0) is 0 Å². The molecule has 1 aromatic carbocycles. The Bertz CT molecular complexity index is 266. The highest BCUT2D eigenvalue weighted by molar-refractivity contribution is 5.32. The Balaban J connectivity index is 3.04. The molecule has 0 spiro atoms. The standard InChI is InChI=1S/C11H16O/c1-8-4-5-9(2)11(6-8)10(3)7-12/h4-6,10,12H,7H2,1-3H3/t10-/m0/s1. The van der Waals surface area contributed by atoms with Crippen LogP contribution in [0.2, 0.25) is 0 Å². The van der Waals surface area contributed by atoms with Crippen molar-refractivity contribution < 1.29 is 5.11 Å². The summed E-state index contributed by atoms with van der Waals surface area (Å²) in [7, 11) is 0. The Morgan fingerprint density at radius 2 is 2.00 bits per heavy atom. The molecule has 0 heterocycles. The first-order chi connectivity index (χ1) is 5.65. The summed E-state index contributed by atoms with van der Waals surface area (Å²) in [5.41, 5.74) is 3.79. The van der Waals surface area contributed by atoms with Crippen LogP contribution in [0.1, 0.15) is 29.5 Å². The number of rotatable bonds is 2. The van der Waals surface area contributed by atoms with Gasteiger partial charge >= 0.3 is 0 Å². The van der Waals surface area contributed by atoms with Crippen LogP contribution in [0, 0.1) is 13.8 Å². The van der Waals surface area contributed by atoms with E-state index in [9.17, 15) is 0 Å². The van der Waals surface area contributed by atoms with Gasteiger partial charge in [0.25, 0.3) is 0 Å². The number of hydrogen-bond acceptors (Lipinski definition) is 1. The number of hydrogen-bond donors (Lipinski definition) is 1. The van der Waals surface area contributed by atoms with Gasteiger partial charge in [-0.25, -0.2) is 0 Å². The summed E-state index contributed by atoms with van der Waals surface area (Å²) in [4.78, 5) is 0. The summed E-state index contributed by atoms with van der Waals surface area (Å²) in [5, 5.41) is 9.00. The molecule has 0 fully saturated rings. The molecule has 0 radical (unpaired) electrons. The summed E-state index contributed by atoms with van der Waals surface area (Å²) in [5.74, 6) is 0.255. The third-order valence-electron chi connectivity index (χ3n) is 2.24. The van der Waals surface area contributed by atoms with E-state index in [1.807, 2.05) is 6.92 Å². The minimum Gasteiger partial charge on any atom is -0.396 e. The summed E-state index contributed by atoms with van der Waals surface area (Å²) in [6.45, 7) is 6.43. The normalized spacial score (nSPS) is 13.0. The second kappa shape index (κ2) is 3.72. The van der Waals surface area contributed by atoms with Gasteiger partial charge in [-0.2, -0.15) is 0 Å². The van der Waals surface area contributed by atoms with Crippen molar-refractivity contribution >= 4 is 0 Å².